The Hall–Kier alpha value is 1.42. The minimum atomic E-state index is -1.72. The third-order valence-corrected chi connectivity index (χ3v) is 1.49. The summed E-state index contributed by atoms with van der Waals surface area (Å²) in [6, 6.07) is 6.27. The summed E-state index contributed by atoms with van der Waals surface area (Å²) in [6.45, 7) is 0. The fourth-order valence-electron chi connectivity index (χ4n) is 0.870. The topological polar surface area (TPSA) is 65.5 Å². The van der Waals surface area contributed by atoms with Crippen molar-refractivity contribution in [2.75, 3.05) is 0 Å². The van der Waals surface area contributed by atoms with Crippen molar-refractivity contribution < 1.29 is 25.7 Å². The van der Waals surface area contributed by atoms with Crippen molar-refractivity contribution in [3.63, 3.8) is 0 Å². The van der Waals surface area contributed by atoms with Crippen LogP contribution in [0, 0.1) is 0 Å². The van der Waals surface area contributed by atoms with Gasteiger partial charge in [-0.1, -0.05) is 12.1 Å². The molecule has 1 heterocycles. The Morgan fingerprint density at radius 3 is 2.15 bits per heavy atom. The fourth-order valence-corrected chi connectivity index (χ4v) is 0.870. The van der Waals surface area contributed by atoms with Gasteiger partial charge < -0.3 is 15.9 Å². The van der Waals surface area contributed by atoms with Gasteiger partial charge in [-0.2, -0.15) is 9.78 Å². The molecule has 1 aromatic rings. The van der Waals surface area contributed by atoms with E-state index in [0.29, 0.717) is 0 Å². The predicted molar refractivity (Wildman–Crippen MR) is 50.1 cm³/mol. The van der Waals surface area contributed by atoms with E-state index in [1.54, 1.807) is 12.1 Å². The van der Waals surface area contributed by atoms with E-state index in [4.69, 9.17) is 5.11 Å². The molecule has 1 aliphatic heterocycles. The summed E-state index contributed by atoms with van der Waals surface area (Å²) in [4.78, 5) is 8.52. The van der Waals surface area contributed by atoms with Crippen LogP contribution >= 0.6 is 0 Å². The molecule has 0 amide bonds. The molecule has 1 saturated heterocycles. The van der Waals surface area contributed by atoms with Gasteiger partial charge >= 0.3 is 81.4 Å². The molecule has 0 unspecified atom stereocenters. The monoisotopic (exact) mass is 238 g/mol. The van der Waals surface area contributed by atoms with Crippen molar-refractivity contribution in [1.29, 1.82) is 0 Å². The Balaban J connectivity index is -0.0000000800. The molecule has 1 aliphatic rings. The number of phenols is 1. The van der Waals surface area contributed by atoms with Crippen molar-refractivity contribution in [3.8, 4) is 5.75 Å². The molecule has 2 N–H and O–H groups in total. The maximum atomic E-state index is 9.18. The third kappa shape index (κ3) is 3.19. The SMILES string of the molecule is Oc1ccccc1C1(O)OO1.[Ca+2].[Ca+2].[H-].[H-].[H-].[H-]. The van der Waals surface area contributed by atoms with Crippen LogP contribution in [0.3, 0.4) is 0 Å². The minimum absolute atomic E-state index is 0. The molecular formula is C7H10Ca2O4. The van der Waals surface area contributed by atoms with E-state index >= 15 is 0 Å². The molecule has 6 heteroatoms. The van der Waals surface area contributed by atoms with E-state index in [0.717, 1.165) is 0 Å². The Bertz CT molecular complexity index is 301. The maximum Gasteiger partial charge on any atom is 2.00 e. The minimum Gasteiger partial charge on any atom is -1.00 e. The van der Waals surface area contributed by atoms with E-state index < -0.39 is 5.97 Å². The molecule has 0 atom stereocenters. The second-order valence-electron chi connectivity index (χ2n) is 2.27. The molecule has 0 bridgehead atoms. The van der Waals surface area contributed by atoms with E-state index in [9.17, 15) is 5.11 Å². The number of aromatic hydroxyl groups is 1. The van der Waals surface area contributed by atoms with Crippen LogP contribution in [0.25, 0.3) is 0 Å². The average molecular weight is 238 g/mol. The number of hydrogen-bond donors (Lipinski definition) is 2. The standard InChI is InChI=1S/C7H6O4.2Ca.4H/c8-6-4-2-1-3-5(6)7(9)10-11-7;;;;;;/h1-4,8-9H;;;;;;/q;2*+2;4*-1. The van der Waals surface area contributed by atoms with E-state index in [-0.39, 0.29) is 92.5 Å². The van der Waals surface area contributed by atoms with Gasteiger partial charge in [0.25, 0.3) is 0 Å². The fraction of sp³-hybridized carbons (Fsp3) is 0.143. The molecule has 66 valence electrons. The molecule has 2 rings (SSSR count). The largest absolute Gasteiger partial charge is 2.00 e. The Labute approximate surface area is 141 Å². The Kier molecular flexibility index (Phi) is 6.09. The quantitative estimate of drug-likeness (QED) is 0.415. The van der Waals surface area contributed by atoms with Crippen LogP contribution < -0.4 is 0 Å². The van der Waals surface area contributed by atoms with Crippen molar-refractivity contribution >= 4 is 75.5 Å². The van der Waals surface area contributed by atoms with E-state index in [2.05, 4.69) is 9.78 Å². The summed E-state index contributed by atoms with van der Waals surface area (Å²) in [5.74, 6) is -1.77. The van der Waals surface area contributed by atoms with Crippen molar-refractivity contribution in [3.05, 3.63) is 29.8 Å². The molecule has 0 spiro atoms. The van der Waals surface area contributed by atoms with Gasteiger partial charge in [0, 0.05) is 0 Å². The van der Waals surface area contributed by atoms with Crippen LogP contribution in [-0.4, -0.2) is 85.7 Å². The molecule has 1 aromatic carbocycles. The number of para-hydroxylation sites is 1. The summed E-state index contributed by atoms with van der Waals surface area (Å²) in [5, 5.41) is 18.3. The van der Waals surface area contributed by atoms with Gasteiger partial charge in [0.2, 0.25) is 0 Å². The second-order valence-corrected chi connectivity index (χ2v) is 2.27. The zero-order valence-electron chi connectivity index (χ0n) is 10.9. The predicted octanol–water partition coefficient (Wildman–Crippen LogP) is 0.145. The first-order chi connectivity index (χ1) is 5.22. The first kappa shape index (κ1) is 14.4. The number of aliphatic hydroxyl groups is 1. The normalized spacial score (nSPS) is 16.7. The molecule has 0 aliphatic carbocycles. The molecule has 0 saturated carbocycles. The van der Waals surface area contributed by atoms with Crippen molar-refractivity contribution in [2.45, 2.75) is 5.97 Å². The summed E-state index contributed by atoms with van der Waals surface area (Å²) >= 11 is 0. The van der Waals surface area contributed by atoms with Gasteiger partial charge in [-0.25, -0.2) is 0 Å². The molecule has 13 heavy (non-hydrogen) atoms. The number of benzene rings is 1. The summed E-state index contributed by atoms with van der Waals surface area (Å²) < 4.78 is 0. The first-order valence-electron chi connectivity index (χ1n) is 3.10. The first-order valence-corrected chi connectivity index (χ1v) is 3.10. The summed E-state index contributed by atoms with van der Waals surface area (Å²) in [7, 11) is 0. The van der Waals surface area contributed by atoms with Gasteiger partial charge in [-0.05, 0) is 12.1 Å². The van der Waals surface area contributed by atoms with Gasteiger partial charge in [0.1, 0.15) is 5.75 Å². The van der Waals surface area contributed by atoms with Gasteiger partial charge in [-0.15, -0.1) is 0 Å². The Morgan fingerprint density at radius 1 is 1.15 bits per heavy atom. The number of phenolic OH excluding ortho intramolecular Hbond substituents is 1. The van der Waals surface area contributed by atoms with Crippen LogP contribution in [-0.2, 0) is 15.7 Å². The van der Waals surface area contributed by atoms with Crippen LogP contribution in [0.1, 0.15) is 11.3 Å². The Morgan fingerprint density at radius 2 is 1.69 bits per heavy atom. The van der Waals surface area contributed by atoms with Crippen molar-refractivity contribution in [1.82, 2.24) is 0 Å². The van der Waals surface area contributed by atoms with Crippen LogP contribution in [0.15, 0.2) is 24.3 Å². The van der Waals surface area contributed by atoms with Crippen LogP contribution in [0.4, 0.5) is 0 Å². The molecule has 1 fully saturated rings. The number of rotatable bonds is 1. The smallest absolute Gasteiger partial charge is 1.00 e. The zero-order chi connectivity index (χ0) is 7.90. The molecule has 0 radical (unpaired) electrons. The van der Waals surface area contributed by atoms with E-state index in [1.807, 2.05) is 0 Å². The molecule has 4 nitrogen and oxygen atoms in total. The number of hydrogen-bond acceptors (Lipinski definition) is 4. The van der Waals surface area contributed by atoms with Gasteiger partial charge in [0.05, 0.1) is 5.56 Å². The van der Waals surface area contributed by atoms with E-state index in [1.165, 1.54) is 12.1 Å². The summed E-state index contributed by atoms with van der Waals surface area (Å²) in [5.41, 5.74) is 0.222. The molecular weight excluding hydrogens is 228 g/mol. The van der Waals surface area contributed by atoms with Crippen molar-refractivity contribution in [2.24, 2.45) is 0 Å². The van der Waals surface area contributed by atoms with Gasteiger partial charge in [0.15, 0.2) is 0 Å². The van der Waals surface area contributed by atoms with Crippen LogP contribution in [0.2, 0.25) is 0 Å². The van der Waals surface area contributed by atoms with Crippen LogP contribution in [0.5, 0.6) is 5.75 Å². The molecule has 0 aromatic heterocycles. The zero-order valence-corrected chi connectivity index (χ0v) is 11.4. The second kappa shape index (κ2) is 5.49. The average Bonchev–Trinajstić information content (AvgIpc) is 2.70. The van der Waals surface area contributed by atoms with Gasteiger partial charge in [-0.3, -0.25) is 0 Å². The summed E-state index contributed by atoms with van der Waals surface area (Å²) in [6.07, 6.45) is 0. The maximum absolute atomic E-state index is 9.18. The third-order valence-electron chi connectivity index (χ3n) is 1.49.